The van der Waals surface area contributed by atoms with Crippen molar-refractivity contribution < 1.29 is 4.79 Å². The molecule has 6 heteroatoms. The summed E-state index contributed by atoms with van der Waals surface area (Å²) in [4.78, 5) is 18.8. The number of piperidine rings is 1. The van der Waals surface area contributed by atoms with Gasteiger partial charge in [-0.15, -0.1) is 0 Å². The minimum absolute atomic E-state index is 0.0224. The van der Waals surface area contributed by atoms with Gasteiger partial charge in [-0.25, -0.2) is 4.79 Å². The highest BCUT2D eigenvalue weighted by Gasteiger charge is 2.51. The third kappa shape index (κ3) is 3.08. The van der Waals surface area contributed by atoms with Crippen LogP contribution in [0.5, 0.6) is 0 Å². The van der Waals surface area contributed by atoms with Crippen LogP contribution in [-0.4, -0.2) is 33.5 Å². The predicted molar refractivity (Wildman–Crippen MR) is 92.7 cm³/mol. The number of nitriles is 1. The normalized spacial score (nSPS) is 29.2. The Kier molecular flexibility index (Phi) is 4.21. The van der Waals surface area contributed by atoms with Crippen LogP contribution in [0.4, 0.5) is 4.79 Å². The van der Waals surface area contributed by atoms with Gasteiger partial charge in [0.15, 0.2) is 0 Å². The third-order valence-electron chi connectivity index (χ3n) is 4.98. The van der Waals surface area contributed by atoms with Crippen LogP contribution in [0.15, 0.2) is 18.5 Å². The van der Waals surface area contributed by atoms with Gasteiger partial charge in [0.2, 0.25) is 0 Å². The number of hydrogen-bond acceptors (Lipinski definition) is 3. The number of amides is 2. The first kappa shape index (κ1) is 17.0. The van der Waals surface area contributed by atoms with Crippen LogP contribution < -0.4 is 5.32 Å². The molecule has 2 aliphatic rings. The maximum atomic E-state index is 12.7. The van der Waals surface area contributed by atoms with Gasteiger partial charge in [-0.3, -0.25) is 4.98 Å². The van der Waals surface area contributed by atoms with E-state index in [1.54, 1.807) is 12.4 Å². The topological polar surface area (TPSA) is 69.0 Å². The van der Waals surface area contributed by atoms with E-state index < -0.39 is 5.41 Å². The molecule has 24 heavy (non-hydrogen) atoms. The minimum Gasteiger partial charge on any atom is -0.333 e. The van der Waals surface area contributed by atoms with Gasteiger partial charge in [0.1, 0.15) is 0 Å². The second-order valence-corrected chi connectivity index (χ2v) is 8.40. The molecule has 1 N–H and O–H groups in total. The zero-order chi connectivity index (χ0) is 17.5. The van der Waals surface area contributed by atoms with Crippen molar-refractivity contribution in [3.63, 3.8) is 0 Å². The Labute approximate surface area is 148 Å². The molecule has 0 aliphatic carbocycles. The first-order valence-corrected chi connectivity index (χ1v) is 8.75. The SMILES string of the molecule is CC(C)(C)NC(=O)N1C2CCC1CC(C#N)(c1cncc(Cl)c1)C2. The van der Waals surface area contributed by atoms with E-state index in [0.29, 0.717) is 17.9 Å². The molecule has 2 saturated heterocycles. The number of nitrogens with one attached hydrogen (secondary N) is 1. The zero-order valence-electron chi connectivity index (χ0n) is 14.3. The first-order chi connectivity index (χ1) is 11.2. The van der Waals surface area contributed by atoms with Crippen molar-refractivity contribution in [3.8, 4) is 6.07 Å². The molecule has 3 heterocycles. The molecule has 2 amide bonds. The van der Waals surface area contributed by atoms with Crippen LogP contribution in [0.1, 0.15) is 52.0 Å². The highest BCUT2D eigenvalue weighted by atomic mass is 35.5. The second kappa shape index (κ2) is 5.93. The summed E-state index contributed by atoms with van der Waals surface area (Å²) in [5, 5.41) is 13.5. The number of carbonyl (C=O) groups excluding carboxylic acids is 1. The lowest BCUT2D eigenvalue weighted by atomic mass is 9.71. The lowest BCUT2D eigenvalue weighted by Gasteiger charge is -2.44. The van der Waals surface area contributed by atoms with Crippen LogP contribution >= 0.6 is 11.6 Å². The minimum atomic E-state index is -0.609. The fourth-order valence-corrected chi connectivity index (χ4v) is 4.21. The third-order valence-corrected chi connectivity index (χ3v) is 5.18. The maximum Gasteiger partial charge on any atom is 0.318 e. The van der Waals surface area contributed by atoms with Crippen molar-refractivity contribution >= 4 is 17.6 Å². The molecule has 2 atom stereocenters. The van der Waals surface area contributed by atoms with Crippen molar-refractivity contribution in [2.45, 2.75) is 69.5 Å². The average molecular weight is 347 g/mol. The lowest BCUT2D eigenvalue weighted by molar-refractivity contribution is 0.117. The summed E-state index contributed by atoms with van der Waals surface area (Å²) in [5.41, 5.74) is -0.00959. The summed E-state index contributed by atoms with van der Waals surface area (Å²) < 4.78 is 0. The molecule has 1 aromatic heterocycles. The largest absolute Gasteiger partial charge is 0.333 e. The van der Waals surface area contributed by atoms with Crippen LogP contribution in [0.3, 0.4) is 0 Å². The number of halogens is 1. The van der Waals surface area contributed by atoms with E-state index in [2.05, 4.69) is 16.4 Å². The van der Waals surface area contributed by atoms with Crippen LogP contribution in [-0.2, 0) is 5.41 Å². The molecule has 0 radical (unpaired) electrons. The zero-order valence-corrected chi connectivity index (χ0v) is 15.1. The molecule has 3 rings (SSSR count). The standard InChI is InChI=1S/C18H23ClN4O/c1-17(2,3)22-16(24)23-14-4-5-15(23)8-18(7-14,11-20)12-6-13(19)10-21-9-12/h6,9-10,14-15H,4-5,7-8H2,1-3H3,(H,22,24). The fraction of sp³-hybridized carbons (Fsp3) is 0.611. The number of rotatable bonds is 1. The lowest BCUT2D eigenvalue weighted by Crippen LogP contribution is -2.57. The van der Waals surface area contributed by atoms with Gasteiger partial charge in [-0.2, -0.15) is 5.26 Å². The Hall–Kier alpha value is -1.80. The van der Waals surface area contributed by atoms with Gasteiger partial charge in [0.25, 0.3) is 0 Å². The summed E-state index contributed by atoms with van der Waals surface area (Å²) in [5.74, 6) is 0. The number of carbonyl (C=O) groups is 1. The molecule has 2 fully saturated rings. The number of fused-ring (bicyclic) bond motifs is 2. The average Bonchev–Trinajstić information content (AvgIpc) is 2.77. The van der Waals surface area contributed by atoms with E-state index in [4.69, 9.17) is 11.6 Å². The number of aromatic nitrogens is 1. The molecule has 2 aliphatic heterocycles. The fourth-order valence-electron chi connectivity index (χ4n) is 4.03. The number of hydrogen-bond donors (Lipinski definition) is 1. The monoisotopic (exact) mass is 346 g/mol. The summed E-state index contributed by atoms with van der Waals surface area (Å²) in [7, 11) is 0. The van der Waals surface area contributed by atoms with Crippen molar-refractivity contribution in [1.29, 1.82) is 5.26 Å². The van der Waals surface area contributed by atoms with E-state index in [1.165, 1.54) is 0 Å². The van der Waals surface area contributed by atoms with Crippen molar-refractivity contribution in [2.75, 3.05) is 0 Å². The van der Waals surface area contributed by atoms with Gasteiger partial charge in [-0.05, 0) is 58.1 Å². The molecule has 0 spiro atoms. The van der Waals surface area contributed by atoms with E-state index >= 15 is 0 Å². The van der Waals surface area contributed by atoms with E-state index in [0.717, 1.165) is 18.4 Å². The van der Waals surface area contributed by atoms with Crippen LogP contribution in [0.2, 0.25) is 5.02 Å². The Bertz CT molecular complexity index is 677. The smallest absolute Gasteiger partial charge is 0.318 e. The molecular formula is C18H23ClN4O. The number of urea groups is 1. The summed E-state index contributed by atoms with van der Waals surface area (Å²) in [6.45, 7) is 5.94. The molecule has 0 aromatic carbocycles. The molecule has 2 bridgehead atoms. The molecular weight excluding hydrogens is 324 g/mol. The van der Waals surface area contributed by atoms with Crippen LogP contribution in [0.25, 0.3) is 0 Å². The summed E-state index contributed by atoms with van der Waals surface area (Å²) in [6.07, 6.45) is 6.48. The molecule has 1 aromatic rings. The van der Waals surface area contributed by atoms with Crippen molar-refractivity contribution in [1.82, 2.24) is 15.2 Å². The Morgan fingerprint density at radius 2 is 2.00 bits per heavy atom. The van der Waals surface area contributed by atoms with E-state index in [-0.39, 0.29) is 23.7 Å². The number of nitrogens with zero attached hydrogens (tertiary/aromatic N) is 3. The van der Waals surface area contributed by atoms with Crippen LogP contribution in [0, 0.1) is 11.3 Å². The summed E-state index contributed by atoms with van der Waals surface area (Å²) >= 11 is 6.08. The Morgan fingerprint density at radius 3 is 2.50 bits per heavy atom. The van der Waals surface area contributed by atoms with Gasteiger partial charge < -0.3 is 10.2 Å². The highest BCUT2D eigenvalue weighted by molar-refractivity contribution is 6.30. The van der Waals surface area contributed by atoms with Gasteiger partial charge in [0, 0.05) is 30.0 Å². The number of pyridine rings is 1. The summed E-state index contributed by atoms with van der Waals surface area (Å²) in [6, 6.07) is 4.50. The Morgan fingerprint density at radius 1 is 1.38 bits per heavy atom. The van der Waals surface area contributed by atoms with E-state index in [1.807, 2.05) is 31.7 Å². The highest BCUT2D eigenvalue weighted by Crippen LogP contribution is 2.47. The van der Waals surface area contributed by atoms with Crippen molar-refractivity contribution in [3.05, 3.63) is 29.0 Å². The molecule has 128 valence electrons. The second-order valence-electron chi connectivity index (χ2n) is 7.97. The van der Waals surface area contributed by atoms with Crippen molar-refractivity contribution in [2.24, 2.45) is 0 Å². The predicted octanol–water partition coefficient (Wildman–Crippen LogP) is 3.63. The molecule has 2 unspecified atom stereocenters. The van der Waals surface area contributed by atoms with Gasteiger partial charge >= 0.3 is 6.03 Å². The van der Waals surface area contributed by atoms with Gasteiger partial charge in [-0.1, -0.05) is 11.6 Å². The quantitative estimate of drug-likeness (QED) is 0.844. The Balaban J connectivity index is 1.86. The first-order valence-electron chi connectivity index (χ1n) is 8.37. The van der Waals surface area contributed by atoms with E-state index in [9.17, 15) is 10.1 Å². The maximum absolute atomic E-state index is 12.7. The van der Waals surface area contributed by atoms with Gasteiger partial charge in [0.05, 0.1) is 16.5 Å². The molecule has 0 saturated carbocycles. The molecule has 5 nitrogen and oxygen atoms in total.